The standard InChI is InChI=1S/C17H11F3OS/c1-22-16-5-3-2-4-14(16)15(21)11-8-12-6-9-13(10-7-12)17(18,19)20/h2-7,9-10H,1H3. The summed E-state index contributed by atoms with van der Waals surface area (Å²) < 4.78 is 37.3. The van der Waals surface area contributed by atoms with Crippen molar-refractivity contribution < 1.29 is 18.0 Å². The van der Waals surface area contributed by atoms with Gasteiger partial charge in [-0.15, -0.1) is 11.8 Å². The number of hydrogen-bond donors (Lipinski definition) is 0. The highest BCUT2D eigenvalue weighted by Crippen LogP contribution is 2.29. The van der Waals surface area contributed by atoms with Crippen LogP contribution in [0.25, 0.3) is 0 Å². The van der Waals surface area contributed by atoms with Crippen molar-refractivity contribution in [2.24, 2.45) is 0 Å². The Balaban J connectivity index is 2.21. The minimum Gasteiger partial charge on any atom is -0.279 e. The van der Waals surface area contributed by atoms with Crippen LogP contribution in [-0.2, 0) is 6.18 Å². The van der Waals surface area contributed by atoms with Crippen molar-refractivity contribution >= 4 is 17.5 Å². The second kappa shape index (κ2) is 6.71. The Kier molecular flexibility index (Phi) is 4.94. The van der Waals surface area contributed by atoms with Gasteiger partial charge in [0.25, 0.3) is 0 Å². The minimum atomic E-state index is -4.38. The van der Waals surface area contributed by atoms with Crippen LogP contribution in [0.1, 0.15) is 21.5 Å². The zero-order chi connectivity index (χ0) is 16.2. The van der Waals surface area contributed by atoms with Crippen molar-refractivity contribution in [1.29, 1.82) is 0 Å². The summed E-state index contributed by atoms with van der Waals surface area (Å²) in [7, 11) is 0. The Hall–Kier alpha value is -2.19. The van der Waals surface area contributed by atoms with E-state index >= 15 is 0 Å². The Labute approximate surface area is 130 Å². The molecule has 112 valence electrons. The maximum absolute atomic E-state index is 12.4. The first-order valence-electron chi connectivity index (χ1n) is 6.28. The number of alkyl halides is 3. The molecule has 0 aliphatic carbocycles. The van der Waals surface area contributed by atoms with Crippen molar-refractivity contribution in [2.45, 2.75) is 11.1 Å². The van der Waals surface area contributed by atoms with Gasteiger partial charge >= 0.3 is 6.18 Å². The second-order valence-electron chi connectivity index (χ2n) is 4.35. The smallest absolute Gasteiger partial charge is 0.279 e. The summed E-state index contributed by atoms with van der Waals surface area (Å²) in [6.07, 6.45) is -2.52. The summed E-state index contributed by atoms with van der Waals surface area (Å²) in [5.74, 6) is 4.70. The van der Waals surface area contributed by atoms with Gasteiger partial charge < -0.3 is 0 Å². The van der Waals surface area contributed by atoms with Gasteiger partial charge in [-0.1, -0.05) is 18.1 Å². The van der Waals surface area contributed by atoms with Crippen LogP contribution in [0.15, 0.2) is 53.4 Å². The third-order valence-electron chi connectivity index (χ3n) is 2.88. The van der Waals surface area contributed by atoms with E-state index < -0.39 is 11.7 Å². The van der Waals surface area contributed by atoms with Crippen molar-refractivity contribution in [2.75, 3.05) is 6.26 Å². The molecule has 0 amide bonds. The van der Waals surface area contributed by atoms with Crippen LogP contribution in [-0.4, -0.2) is 12.0 Å². The maximum atomic E-state index is 12.4. The molecule has 0 unspecified atom stereocenters. The molecule has 0 heterocycles. The highest BCUT2D eigenvalue weighted by Gasteiger charge is 2.29. The van der Waals surface area contributed by atoms with E-state index in [1.54, 1.807) is 12.1 Å². The molecule has 0 spiro atoms. The van der Waals surface area contributed by atoms with E-state index in [-0.39, 0.29) is 5.78 Å². The van der Waals surface area contributed by atoms with Gasteiger partial charge in [0.2, 0.25) is 5.78 Å². The average molecular weight is 320 g/mol. The van der Waals surface area contributed by atoms with Crippen LogP contribution >= 0.6 is 11.8 Å². The molecule has 0 aliphatic heterocycles. The normalized spacial score (nSPS) is 10.7. The number of rotatable bonds is 2. The first kappa shape index (κ1) is 16.2. The third-order valence-corrected chi connectivity index (χ3v) is 3.68. The molecule has 5 heteroatoms. The molecule has 22 heavy (non-hydrogen) atoms. The second-order valence-corrected chi connectivity index (χ2v) is 5.20. The molecule has 0 aromatic heterocycles. The van der Waals surface area contributed by atoms with Gasteiger partial charge in [-0.3, -0.25) is 4.79 Å². The van der Waals surface area contributed by atoms with Crippen LogP contribution in [0.3, 0.4) is 0 Å². The fourth-order valence-corrected chi connectivity index (χ4v) is 2.37. The number of ketones is 1. The summed E-state index contributed by atoms with van der Waals surface area (Å²) in [5.41, 5.74) is 0.120. The van der Waals surface area contributed by atoms with Crippen LogP contribution in [0, 0.1) is 11.8 Å². The maximum Gasteiger partial charge on any atom is 0.416 e. The predicted octanol–water partition coefficient (Wildman–Crippen LogP) is 4.66. The first-order chi connectivity index (χ1) is 10.4. The number of carbonyl (C=O) groups is 1. The van der Waals surface area contributed by atoms with E-state index in [0.717, 1.165) is 17.0 Å². The number of Topliss-reactive ketones (excluding diaryl/α,β-unsaturated/α-hetero) is 1. The van der Waals surface area contributed by atoms with E-state index in [9.17, 15) is 18.0 Å². The lowest BCUT2D eigenvalue weighted by atomic mass is 10.1. The largest absolute Gasteiger partial charge is 0.416 e. The molecule has 0 aliphatic rings. The summed E-state index contributed by atoms with van der Waals surface area (Å²) >= 11 is 1.44. The number of carbonyl (C=O) groups excluding carboxylic acids is 1. The fourth-order valence-electron chi connectivity index (χ4n) is 1.77. The Morgan fingerprint density at radius 1 is 1.05 bits per heavy atom. The summed E-state index contributed by atoms with van der Waals surface area (Å²) in [6.45, 7) is 0. The SMILES string of the molecule is CSc1ccccc1C(=O)C#Cc1ccc(C(F)(F)F)cc1. The molecule has 2 aromatic carbocycles. The predicted molar refractivity (Wildman–Crippen MR) is 80.9 cm³/mol. The molecule has 0 fully saturated rings. The van der Waals surface area contributed by atoms with Crippen LogP contribution in [0.2, 0.25) is 0 Å². The van der Waals surface area contributed by atoms with E-state index in [1.165, 1.54) is 23.9 Å². The molecule has 1 nitrogen and oxygen atoms in total. The van der Waals surface area contributed by atoms with Gasteiger partial charge in [0.1, 0.15) is 0 Å². The van der Waals surface area contributed by atoms with Gasteiger partial charge in [-0.25, -0.2) is 0 Å². The van der Waals surface area contributed by atoms with E-state index in [4.69, 9.17) is 0 Å². The van der Waals surface area contributed by atoms with Gasteiger partial charge in [-0.2, -0.15) is 13.2 Å². The van der Waals surface area contributed by atoms with Gasteiger partial charge in [0.15, 0.2) is 0 Å². The molecule has 0 radical (unpaired) electrons. The lowest BCUT2D eigenvalue weighted by Crippen LogP contribution is -2.04. The minimum absolute atomic E-state index is 0.357. The summed E-state index contributed by atoms with van der Waals surface area (Å²) in [4.78, 5) is 12.9. The third kappa shape index (κ3) is 3.92. The van der Waals surface area contributed by atoms with Crippen molar-refractivity contribution in [3.05, 3.63) is 65.2 Å². The van der Waals surface area contributed by atoms with E-state index in [1.807, 2.05) is 18.4 Å². The monoisotopic (exact) mass is 320 g/mol. The van der Waals surface area contributed by atoms with Crippen molar-refractivity contribution in [3.63, 3.8) is 0 Å². The average Bonchev–Trinajstić information content (AvgIpc) is 2.52. The van der Waals surface area contributed by atoms with Crippen LogP contribution < -0.4 is 0 Å². The summed E-state index contributed by atoms with van der Waals surface area (Å²) in [6, 6.07) is 11.5. The van der Waals surface area contributed by atoms with E-state index in [2.05, 4.69) is 11.8 Å². The quantitative estimate of drug-likeness (QED) is 0.455. The molecular weight excluding hydrogens is 309 g/mol. The molecule has 0 saturated carbocycles. The molecule has 0 bridgehead atoms. The topological polar surface area (TPSA) is 17.1 Å². The highest BCUT2D eigenvalue weighted by atomic mass is 32.2. The van der Waals surface area contributed by atoms with Gasteiger partial charge in [-0.05, 0) is 48.6 Å². The fraction of sp³-hybridized carbons (Fsp3) is 0.118. The zero-order valence-corrected chi connectivity index (χ0v) is 12.4. The molecular formula is C17H11F3OS. The zero-order valence-electron chi connectivity index (χ0n) is 11.6. The molecule has 0 N–H and O–H groups in total. The van der Waals surface area contributed by atoms with Crippen LogP contribution in [0.4, 0.5) is 13.2 Å². The lowest BCUT2D eigenvalue weighted by Gasteiger charge is -2.05. The number of hydrogen-bond acceptors (Lipinski definition) is 2. The first-order valence-corrected chi connectivity index (χ1v) is 7.51. The van der Waals surface area contributed by atoms with Gasteiger partial charge in [0, 0.05) is 16.0 Å². The molecule has 2 rings (SSSR count). The van der Waals surface area contributed by atoms with Crippen LogP contribution in [0.5, 0.6) is 0 Å². The summed E-state index contributed by atoms with van der Waals surface area (Å²) in [5, 5.41) is 0. The molecule has 0 saturated heterocycles. The lowest BCUT2D eigenvalue weighted by molar-refractivity contribution is -0.137. The Morgan fingerprint density at radius 3 is 2.27 bits per heavy atom. The molecule has 0 atom stereocenters. The Bertz CT molecular complexity index is 737. The highest BCUT2D eigenvalue weighted by molar-refractivity contribution is 7.98. The Morgan fingerprint density at radius 2 is 1.68 bits per heavy atom. The van der Waals surface area contributed by atoms with Crippen molar-refractivity contribution in [3.8, 4) is 11.8 Å². The molecule has 2 aromatic rings. The number of thioether (sulfide) groups is 1. The number of halogens is 3. The van der Waals surface area contributed by atoms with E-state index in [0.29, 0.717) is 11.1 Å². The number of benzene rings is 2. The van der Waals surface area contributed by atoms with Gasteiger partial charge in [0.05, 0.1) is 5.56 Å². The van der Waals surface area contributed by atoms with Crippen molar-refractivity contribution in [1.82, 2.24) is 0 Å².